The third kappa shape index (κ3) is 7.65. The Morgan fingerprint density at radius 3 is 2.18 bits per heavy atom. The summed E-state index contributed by atoms with van der Waals surface area (Å²) in [7, 11) is 2.61. The lowest BCUT2D eigenvalue weighted by Crippen LogP contribution is -2.58. The Hall–Kier alpha value is -5.72. The number of carbonyl (C=O) groups is 4. The van der Waals surface area contributed by atoms with Gasteiger partial charge in [-0.3, -0.25) is 14.6 Å². The Balaban J connectivity index is 0.975. The molecule has 1 aromatic heterocycles. The highest BCUT2D eigenvalue weighted by Crippen LogP contribution is 2.39. The van der Waals surface area contributed by atoms with Gasteiger partial charge in [0.2, 0.25) is 11.8 Å². The van der Waals surface area contributed by atoms with Crippen molar-refractivity contribution >= 4 is 35.3 Å². The normalized spacial score (nSPS) is 20.7. The van der Waals surface area contributed by atoms with Gasteiger partial charge in [-0.1, -0.05) is 87.4 Å². The molecule has 288 valence electrons. The van der Waals surface area contributed by atoms with Crippen molar-refractivity contribution in [2.24, 2.45) is 10.9 Å². The number of aliphatic imine (C=N–C) groups is 1. The van der Waals surface area contributed by atoms with Gasteiger partial charge in [-0.25, -0.2) is 14.6 Å². The molecule has 2 fully saturated rings. The summed E-state index contributed by atoms with van der Waals surface area (Å²) in [6, 6.07) is 15.6. The van der Waals surface area contributed by atoms with E-state index in [0.717, 1.165) is 70.7 Å². The van der Waals surface area contributed by atoms with Gasteiger partial charge in [0, 0.05) is 31.4 Å². The fourth-order valence-corrected chi connectivity index (χ4v) is 8.28. The quantitative estimate of drug-likeness (QED) is 0.202. The van der Waals surface area contributed by atoms with Crippen LogP contribution in [0.1, 0.15) is 76.2 Å². The van der Waals surface area contributed by atoms with Gasteiger partial charge in [0.15, 0.2) is 0 Å². The van der Waals surface area contributed by atoms with Crippen LogP contribution in [-0.4, -0.2) is 94.4 Å². The molecule has 3 aromatic rings. The van der Waals surface area contributed by atoms with Crippen molar-refractivity contribution in [3.05, 3.63) is 84.5 Å². The van der Waals surface area contributed by atoms with Crippen molar-refractivity contribution in [3.8, 4) is 22.4 Å². The fourth-order valence-electron chi connectivity index (χ4n) is 8.28. The van der Waals surface area contributed by atoms with Gasteiger partial charge in [-0.05, 0) is 59.4 Å². The largest absolute Gasteiger partial charge is 0.453 e. The summed E-state index contributed by atoms with van der Waals surface area (Å²) in [6.45, 7) is 4.87. The van der Waals surface area contributed by atoms with Crippen LogP contribution < -0.4 is 10.6 Å². The summed E-state index contributed by atoms with van der Waals surface area (Å²) in [6.07, 6.45) is 11.7. The van der Waals surface area contributed by atoms with Crippen molar-refractivity contribution in [3.63, 3.8) is 0 Å². The van der Waals surface area contributed by atoms with Crippen LogP contribution in [0.25, 0.3) is 28.0 Å². The number of carbonyl (C=O) groups excluding carboxylic acids is 4. The number of H-pyrrole nitrogens is 1. The van der Waals surface area contributed by atoms with Crippen molar-refractivity contribution in [2.75, 3.05) is 27.3 Å². The van der Waals surface area contributed by atoms with E-state index in [1.165, 1.54) is 14.2 Å². The molecule has 2 aromatic carbocycles. The van der Waals surface area contributed by atoms with Crippen LogP contribution in [0.4, 0.5) is 9.59 Å². The summed E-state index contributed by atoms with van der Waals surface area (Å²) in [5.41, 5.74) is 6.12. The molecule has 1 aliphatic carbocycles. The maximum absolute atomic E-state index is 13.9. The van der Waals surface area contributed by atoms with E-state index in [4.69, 9.17) is 19.5 Å². The van der Waals surface area contributed by atoms with Crippen LogP contribution >= 0.6 is 0 Å². The molecule has 3 aliphatic heterocycles. The molecule has 7 rings (SSSR count). The summed E-state index contributed by atoms with van der Waals surface area (Å²) in [5.74, 6) is 0.421. The van der Waals surface area contributed by atoms with E-state index < -0.39 is 23.8 Å². The van der Waals surface area contributed by atoms with E-state index in [1.807, 2.05) is 43.3 Å². The number of rotatable bonds is 10. The first-order valence-corrected chi connectivity index (χ1v) is 19.1. The molecule has 4 heterocycles. The molecule has 3 N–H and O–H groups in total. The first-order chi connectivity index (χ1) is 26.6. The highest BCUT2D eigenvalue weighted by molar-refractivity contribution is 6.05. The van der Waals surface area contributed by atoms with E-state index >= 15 is 0 Å². The van der Waals surface area contributed by atoms with Gasteiger partial charge in [0.25, 0.3) is 0 Å². The average Bonchev–Trinajstić information content (AvgIpc) is 4.06. The van der Waals surface area contributed by atoms with Crippen molar-refractivity contribution in [1.82, 2.24) is 30.4 Å². The van der Waals surface area contributed by atoms with Crippen molar-refractivity contribution in [2.45, 2.75) is 82.5 Å². The lowest BCUT2D eigenvalue weighted by atomic mass is 9.95. The van der Waals surface area contributed by atoms with Gasteiger partial charge in [0.05, 0.1) is 38.2 Å². The van der Waals surface area contributed by atoms with Crippen LogP contribution in [0, 0.1) is 5.92 Å². The number of aromatic amines is 1. The number of nitrogens with zero attached hydrogens (tertiary/aromatic N) is 4. The number of amides is 4. The summed E-state index contributed by atoms with van der Waals surface area (Å²) in [4.78, 5) is 68.1. The fraction of sp³-hybridized carbons (Fsp3) is 0.429. The maximum atomic E-state index is 13.9. The SMILES string of the molecule is COC(=O)N[C@H](C(=O)N1CC=CC1C1=NC=C(c2ccc(-c3ccc(-c4cnc([C@@H]5CCCN5C(=O)C5(NC(=O)OC)CCCC5)[nH]4)cc3)cc2)C1)C(C)C. The third-order valence-electron chi connectivity index (χ3n) is 11.3. The zero-order valence-electron chi connectivity index (χ0n) is 31.8. The summed E-state index contributed by atoms with van der Waals surface area (Å²) >= 11 is 0. The van der Waals surface area contributed by atoms with Crippen LogP contribution in [0.15, 0.2) is 78.1 Å². The van der Waals surface area contributed by atoms with Gasteiger partial charge in [-0.15, -0.1) is 0 Å². The number of benzene rings is 2. The van der Waals surface area contributed by atoms with Gasteiger partial charge in [-0.2, -0.15) is 0 Å². The second-order valence-electron chi connectivity index (χ2n) is 15.1. The van der Waals surface area contributed by atoms with Gasteiger partial charge < -0.3 is 34.9 Å². The minimum Gasteiger partial charge on any atom is -0.453 e. The van der Waals surface area contributed by atoms with Crippen LogP contribution in [0.3, 0.4) is 0 Å². The number of hydrogen-bond acceptors (Lipinski definition) is 8. The average molecular weight is 748 g/mol. The molecule has 1 saturated carbocycles. The Kier molecular flexibility index (Phi) is 10.9. The number of methoxy groups -OCH3 is 2. The van der Waals surface area contributed by atoms with Crippen molar-refractivity contribution < 1.29 is 28.7 Å². The number of imidazole rings is 1. The first kappa shape index (κ1) is 37.6. The minimum atomic E-state index is -0.926. The molecule has 0 radical (unpaired) electrons. The van der Waals surface area contributed by atoms with E-state index in [0.29, 0.717) is 32.4 Å². The molecule has 1 unspecified atom stereocenters. The van der Waals surface area contributed by atoms with Crippen LogP contribution in [0.2, 0.25) is 0 Å². The zero-order chi connectivity index (χ0) is 38.7. The standard InChI is InChI=1S/C42H49N7O6/c1-26(2)36(46-40(52)54-3)38(50)48-21-7-9-34(48)32-23-31(24-43-32)29-13-11-27(12-14-29)28-15-17-30(18-16-28)33-25-44-37(45-33)35-10-8-22-49(35)39(51)42(19-5-6-20-42)47-41(53)55-4/h7,9,11-18,24-26,34-36H,5-6,8,10,19-23H2,1-4H3,(H,44,45)(H,46,52)(H,47,53)/t34?,35-,36-/m0/s1. The Bertz CT molecular complexity index is 2010. The minimum absolute atomic E-state index is 0.0563. The highest BCUT2D eigenvalue weighted by Gasteiger charge is 2.48. The monoisotopic (exact) mass is 747 g/mol. The van der Waals surface area contributed by atoms with E-state index in [9.17, 15) is 19.2 Å². The van der Waals surface area contributed by atoms with Crippen LogP contribution in [-0.2, 0) is 19.1 Å². The van der Waals surface area contributed by atoms with Crippen LogP contribution in [0.5, 0.6) is 0 Å². The number of allylic oxidation sites excluding steroid dienone is 1. The van der Waals surface area contributed by atoms with Gasteiger partial charge >= 0.3 is 12.2 Å². The summed E-state index contributed by atoms with van der Waals surface area (Å²) in [5, 5.41) is 5.56. The molecule has 1 saturated heterocycles. The smallest absolute Gasteiger partial charge is 0.407 e. The highest BCUT2D eigenvalue weighted by atomic mass is 16.5. The summed E-state index contributed by atoms with van der Waals surface area (Å²) < 4.78 is 9.61. The van der Waals surface area contributed by atoms with Crippen molar-refractivity contribution in [1.29, 1.82) is 0 Å². The second kappa shape index (κ2) is 15.9. The molecule has 13 heteroatoms. The number of nitrogens with one attached hydrogen (secondary N) is 3. The molecule has 55 heavy (non-hydrogen) atoms. The molecular formula is C42H49N7O6. The number of ether oxygens (including phenoxy) is 2. The predicted octanol–water partition coefficient (Wildman–Crippen LogP) is 6.41. The number of likely N-dealkylation sites (tertiary alicyclic amines) is 1. The Morgan fingerprint density at radius 2 is 1.53 bits per heavy atom. The van der Waals surface area contributed by atoms with E-state index in [1.54, 1.807) is 4.90 Å². The molecule has 4 aliphatic rings. The maximum Gasteiger partial charge on any atom is 0.407 e. The lowest BCUT2D eigenvalue weighted by Gasteiger charge is -2.35. The lowest BCUT2D eigenvalue weighted by molar-refractivity contribution is -0.139. The topological polar surface area (TPSA) is 158 Å². The third-order valence-corrected chi connectivity index (χ3v) is 11.3. The molecular weight excluding hydrogens is 699 g/mol. The molecule has 3 atom stereocenters. The zero-order valence-corrected chi connectivity index (χ0v) is 31.8. The number of alkyl carbamates (subject to hydrolysis) is 2. The predicted molar refractivity (Wildman–Crippen MR) is 209 cm³/mol. The number of aromatic nitrogens is 2. The Labute approximate surface area is 321 Å². The number of hydrogen-bond donors (Lipinski definition) is 3. The molecule has 0 bridgehead atoms. The van der Waals surface area contributed by atoms with E-state index in [2.05, 4.69) is 64.1 Å². The first-order valence-electron chi connectivity index (χ1n) is 19.1. The molecule has 0 spiro atoms. The van der Waals surface area contributed by atoms with E-state index in [-0.39, 0.29) is 29.8 Å². The molecule has 4 amide bonds. The Morgan fingerprint density at radius 1 is 0.873 bits per heavy atom. The second-order valence-corrected chi connectivity index (χ2v) is 15.1. The molecule has 13 nitrogen and oxygen atoms in total. The van der Waals surface area contributed by atoms with Gasteiger partial charge in [0.1, 0.15) is 17.4 Å².